The highest BCUT2D eigenvalue weighted by molar-refractivity contribution is 5.81. The van der Waals surface area contributed by atoms with Crippen LogP contribution in [0.5, 0.6) is 0 Å². The van der Waals surface area contributed by atoms with E-state index in [9.17, 15) is 4.79 Å². The van der Waals surface area contributed by atoms with Gasteiger partial charge in [0.15, 0.2) is 0 Å². The SMILES string of the molecule is CC1(C)/C(=C\C(=O)O)C2CCC1C2. The van der Waals surface area contributed by atoms with Gasteiger partial charge in [-0.05, 0) is 36.5 Å². The van der Waals surface area contributed by atoms with Crippen molar-refractivity contribution in [2.45, 2.75) is 33.1 Å². The summed E-state index contributed by atoms with van der Waals surface area (Å²) in [5.74, 6) is 0.509. The van der Waals surface area contributed by atoms with E-state index in [0.717, 1.165) is 5.92 Å². The molecule has 2 nitrogen and oxygen atoms in total. The van der Waals surface area contributed by atoms with E-state index in [-0.39, 0.29) is 5.41 Å². The summed E-state index contributed by atoms with van der Waals surface area (Å²) in [4.78, 5) is 10.6. The Labute approximate surface area is 78.6 Å². The molecule has 0 saturated heterocycles. The van der Waals surface area contributed by atoms with Crippen molar-refractivity contribution in [1.29, 1.82) is 0 Å². The molecular formula is C11H16O2. The van der Waals surface area contributed by atoms with Crippen molar-refractivity contribution in [2.24, 2.45) is 17.3 Å². The van der Waals surface area contributed by atoms with Crippen LogP contribution in [0.15, 0.2) is 11.6 Å². The van der Waals surface area contributed by atoms with Crippen LogP contribution in [0.2, 0.25) is 0 Å². The van der Waals surface area contributed by atoms with Gasteiger partial charge < -0.3 is 5.11 Å². The molecule has 1 N–H and O–H groups in total. The van der Waals surface area contributed by atoms with Gasteiger partial charge in [-0.25, -0.2) is 4.79 Å². The lowest BCUT2D eigenvalue weighted by Crippen LogP contribution is -2.23. The van der Waals surface area contributed by atoms with E-state index in [1.54, 1.807) is 0 Å². The van der Waals surface area contributed by atoms with Gasteiger partial charge in [0, 0.05) is 6.08 Å². The summed E-state index contributed by atoms with van der Waals surface area (Å²) in [6.07, 6.45) is 5.15. The van der Waals surface area contributed by atoms with Crippen LogP contribution in [0.1, 0.15) is 33.1 Å². The van der Waals surface area contributed by atoms with Crippen LogP contribution < -0.4 is 0 Å². The highest BCUT2D eigenvalue weighted by Gasteiger charge is 2.48. The molecule has 0 aliphatic heterocycles. The average Bonchev–Trinajstić information content (AvgIpc) is 2.53. The number of hydrogen-bond acceptors (Lipinski definition) is 1. The van der Waals surface area contributed by atoms with Crippen molar-refractivity contribution in [3.05, 3.63) is 11.6 Å². The van der Waals surface area contributed by atoms with Crippen molar-refractivity contribution in [3.63, 3.8) is 0 Å². The molecule has 0 aromatic rings. The van der Waals surface area contributed by atoms with Crippen LogP contribution in [0.4, 0.5) is 0 Å². The van der Waals surface area contributed by atoms with Crippen LogP contribution in [-0.2, 0) is 4.79 Å². The highest BCUT2D eigenvalue weighted by Crippen LogP contribution is 2.58. The van der Waals surface area contributed by atoms with E-state index in [4.69, 9.17) is 5.11 Å². The van der Waals surface area contributed by atoms with Crippen LogP contribution >= 0.6 is 0 Å². The van der Waals surface area contributed by atoms with Crippen molar-refractivity contribution >= 4 is 5.97 Å². The molecule has 2 atom stereocenters. The lowest BCUT2D eigenvalue weighted by atomic mass is 9.73. The molecule has 2 unspecified atom stereocenters. The number of allylic oxidation sites excluding steroid dienone is 1. The van der Waals surface area contributed by atoms with Gasteiger partial charge in [0.05, 0.1) is 0 Å². The lowest BCUT2D eigenvalue weighted by Gasteiger charge is -2.32. The number of carbonyl (C=O) groups is 1. The quantitative estimate of drug-likeness (QED) is 0.629. The molecule has 2 aliphatic rings. The number of rotatable bonds is 1. The monoisotopic (exact) mass is 180 g/mol. The van der Waals surface area contributed by atoms with Gasteiger partial charge in [-0.1, -0.05) is 19.4 Å². The third-order valence-electron chi connectivity index (χ3n) is 3.92. The molecule has 2 rings (SSSR count). The largest absolute Gasteiger partial charge is 0.478 e. The Balaban J connectivity index is 2.34. The summed E-state index contributed by atoms with van der Waals surface area (Å²) in [7, 11) is 0. The van der Waals surface area contributed by atoms with Crippen molar-refractivity contribution in [1.82, 2.24) is 0 Å². The van der Waals surface area contributed by atoms with Gasteiger partial charge in [-0.2, -0.15) is 0 Å². The molecule has 72 valence electrons. The molecular weight excluding hydrogens is 164 g/mol. The molecule has 0 spiro atoms. The maximum absolute atomic E-state index is 10.6. The van der Waals surface area contributed by atoms with Crippen molar-refractivity contribution < 1.29 is 9.90 Å². The minimum Gasteiger partial charge on any atom is -0.478 e. The second-order valence-corrected chi connectivity index (χ2v) is 4.87. The smallest absolute Gasteiger partial charge is 0.328 e. The zero-order valence-corrected chi connectivity index (χ0v) is 8.21. The number of fused-ring (bicyclic) bond motifs is 2. The lowest BCUT2D eigenvalue weighted by molar-refractivity contribution is -0.131. The summed E-state index contributed by atoms with van der Waals surface area (Å²) in [5, 5.41) is 8.76. The first kappa shape index (κ1) is 8.79. The fourth-order valence-corrected chi connectivity index (χ4v) is 3.12. The van der Waals surface area contributed by atoms with Crippen LogP contribution in [0.3, 0.4) is 0 Å². The van der Waals surface area contributed by atoms with Crippen LogP contribution in [-0.4, -0.2) is 11.1 Å². The van der Waals surface area contributed by atoms with Crippen molar-refractivity contribution in [2.75, 3.05) is 0 Å². The summed E-state index contributed by atoms with van der Waals surface area (Å²) in [5.41, 5.74) is 1.32. The average molecular weight is 180 g/mol. The fourth-order valence-electron chi connectivity index (χ4n) is 3.12. The first-order valence-electron chi connectivity index (χ1n) is 4.97. The Morgan fingerprint density at radius 2 is 2.23 bits per heavy atom. The van der Waals surface area contributed by atoms with E-state index in [2.05, 4.69) is 13.8 Å². The van der Waals surface area contributed by atoms with Gasteiger partial charge in [-0.15, -0.1) is 0 Å². The predicted molar refractivity (Wildman–Crippen MR) is 50.3 cm³/mol. The molecule has 2 heteroatoms. The second kappa shape index (κ2) is 2.60. The molecule has 0 amide bonds. The van der Waals surface area contributed by atoms with Crippen LogP contribution in [0.25, 0.3) is 0 Å². The summed E-state index contributed by atoms with van der Waals surface area (Å²) < 4.78 is 0. The Hall–Kier alpha value is -0.790. The predicted octanol–water partition coefficient (Wildman–Crippen LogP) is 2.45. The topological polar surface area (TPSA) is 37.3 Å². The van der Waals surface area contributed by atoms with E-state index in [1.165, 1.54) is 30.9 Å². The van der Waals surface area contributed by atoms with Gasteiger partial charge in [0.25, 0.3) is 0 Å². The zero-order valence-electron chi connectivity index (χ0n) is 8.21. The zero-order chi connectivity index (χ0) is 9.64. The van der Waals surface area contributed by atoms with Crippen molar-refractivity contribution in [3.8, 4) is 0 Å². The Kier molecular flexibility index (Phi) is 1.76. The molecule has 0 radical (unpaired) electrons. The Morgan fingerprint density at radius 3 is 2.69 bits per heavy atom. The van der Waals surface area contributed by atoms with E-state index in [0.29, 0.717) is 5.92 Å². The number of hydrogen-bond donors (Lipinski definition) is 1. The number of carboxylic acids is 1. The molecule has 2 aliphatic carbocycles. The first-order valence-corrected chi connectivity index (χ1v) is 4.97. The molecule has 2 fully saturated rings. The number of aliphatic carboxylic acids is 1. The minimum atomic E-state index is -0.782. The van der Waals surface area contributed by atoms with Crippen LogP contribution in [0, 0.1) is 17.3 Å². The summed E-state index contributed by atoms with van der Waals surface area (Å²) >= 11 is 0. The van der Waals surface area contributed by atoms with E-state index < -0.39 is 5.97 Å². The van der Waals surface area contributed by atoms with E-state index in [1.807, 2.05) is 0 Å². The molecule has 0 aromatic heterocycles. The minimum absolute atomic E-state index is 0.140. The standard InChI is InChI=1S/C11H16O2/c1-11(2)8-4-3-7(5-8)9(11)6-10(12)13/h6-8H,3-5H2,1-2H3,(H,12,13)/b9-6-. The number of carboxylic acid groups (broad SMARTS) is 1. The van der Waals surface area contributed by atoms with E-state index >= 15 is 0 Å². The van der Waals surface area contributed by atoms with Gasteiger partial charge >= 0.3 is 5.97 Å². The van der Waals surface area contributed by atoms with Gasteiger partial charge in [-0.3, -0.25) is 0 Å². The molecule has 2 bridgehead atoms. The molecule has 0 aromatic carbocycles. The molecule has 13 heavy (non-hydrogen) atoms. The first-order chi connectivity index (χ1) is 6.01. The highest BCUT2D eigenvalue weighted by atomic mass is 16.4. The summed E-state index contributed by atoms with van der Waals surface area (Å²) in [6.45, 7) is 4.37. The second-order valence-electron chi connectivity index (χ2n) is 4.87. The molecule has 0 heterocycles. The van der Waals surface area contributed by atoms with Gasteiger partial charge in [0.2, 0.25) is 0 Å². The third-order valence-corrected chi connectivity index (χ3v) is 3.92. The van der Waals surface area contributed by atoms with Gasteiger partial charge in [0.1, 0.15) is 0 Å². The maximum atomic E-state index is 10.6. The third kappa shape index (κ3) is 1.19. The fraction of sp³-hybridized carbons (Fsp3) is 0.727. The normalized spacial score (nSPS) is 38.5. The Bertz CT molecular complexity index is 276. The summed E-state index contributed by atoms with van der Waals surface area (Å²) in [6, 6.07) is 0. The Morgan fingerprint density at radius 1 is 1.54 bits per heavy atom. The maximum Gasteiger partial charge on any atom is 0.328 e. The molecule has 2 saturated carbocycles.